The van der Waals surface area contributed by atoms with Gasteiger partial charge in [-0.3, -0.25) is 9.89 Å². The monoisotopic (exact) mass is 362 g/mol. The van der Waals surface area contributed by atoms with Crippen molar-refractivity contribution in [2.75, 3.05) is 19.7 Å². The number of carbonyl (C=O) groups excluding carboxylic acids is 1. The Bertz CT molecular complexity index is 1000. The fourth-order valence-corrected chi connectivity index (χ4v) is 3.95. The molecule has 2 aliphatic heterocycles. The lowest BCUT2D eigenvalue weighted by Crippen LogP contribution is -2.45. The van der Waals surface area contributed by atoms with Crippen LogP contribution in [0.15, 0.2) is 36.4 Å². The third kappa shape index (κ3) is 3.06. The second kappa shape index (κ2) is 6.70. The zero-order valence-electron chi connectivity index (χ0n) is 15.0. The van der Waals surface area contributed by atoms with Crippen molar-refractivity contribution in [3.05, 3.63) is 47.5 Å². The van der Waals surface area contributed by atoms with Gasteiger partial charge in [0.2, 0.25) is 0 Å². The van der Waals surface area contributed by atoms with Gasteiger partial charge in [0, 0.05) is 35.5 Å². The maximum absolute atomic E-state index is 12.7. The summed E-state index contributed by atoms with van der Waals surface area (Å²) in [5, 5.41) is 15.0. The van der Waals surface area contributed by atoms with Gasteiger partial charge in [0.25, 0.3) is 5.91 Å². The zero-order chi connectivity index (χ0) is 18.2. The molecule has 6 heteroatoms. The molecule has 3 aromatic rings. The van der Waals surface area contributed by atoms with Gasteiger partial charge in [-0.2, -0.15) is 5.10 Å². The van der Waals surface area contributed by atoms with Crippen LogP contribution in [0.1, 0.15) is 28.8 Å². The lowest BCUT2D eigenvalue weighted by molar-refractivity contribution is 0.0931. The molecular weight excluding hydrogens is 340 g/mol. The number of fused-ring (bicyclic) bond motifs is 2. The van der Waals surface area contributed by atoms with E-state index in [0.717, 1.165) is 66.9 Å². The van der Waals surface area contributed by atoms with Gasteiger partial charge in [-0.25, -0.2) is 0 Å². The first kappa shape index (κ1) is 16.3. The molecule has 0 radical (unpaired) electrons. The van der Waals surface area contributed by atoms with Crippen molar-refractivity contribution in [1.29, 1.82) is 0 Å². The van der Waals surface area contributed by atoms with Crippen LogP contribution < -0.4 is 15.4 Å². The standard InChI is InChI=1S/C21H22N4O2/c26-21(23-16-2-1-8-22-12-16)15-3-5-18-17(11-15)20(25-24-18)14-4-6-19-13(10-14)7-9-27-19/h3-6,10-11,16,22H,1-2,7-9,12H2,(H,23,26)(H,24,25). The van der Waals surface area contributed by atoms with Crippen LogP contribution in [0, 0.1) is 0 Å². The van der Waals surface area contributed by atoms with E-state index in [-0.39, 0.29) is 11.9 Å². The number of nitrogens with zero attached hydrogens (tertiary/aromatic N) is 1. The molecule has 0 spiro atoms. The van der Waals surface area contributed by atoms with Crippen LogP contribution in [0.4, 0.5) is 0 Å². The third-order valence-corrected chi connectivity index (χ3v) is 5.42. The lowest BCUT2D eigenvalue weighted by Gasteiger charge is -2.23. The molecule has 1 fully saturated rings. The minimum absolute atomic E-state index is 0.0277. The fraction of sp³-hybridized carbons (Fsp3) is 0.333. The number of carbonyl (C=O) groups is 1. The Morgan fingerprint density at radius 2 is 2.19 bits per heavy atom. The van der Waals surface area contributed by atoms with Crippen LogP contribution in [0.5, 0.6) is 5.75 Å². The van der Waals surface area contributed by atoms with E-state index in [4.69, 9.17) is 4.74 Å². The number of piperidine rings is 1. The van der Waals surface area contributed by atoms with Gasteiger partial charge in [0.15, 0.2) is 0 Å². The Balaban J connectivity index is 1.46. The second-order valence-electron chi connectivity index (χ2n) is 7.27. The van der Waals surface area contributed by atoms with Crippen molar-refractivity contribution in [3.8, 4) is 17.0 Å². The van der Waals surface area contributed by atoms with Crippen molar-refractivity contribution in [2.45, 2.75) is 25.3 Å². The molecule has 3 heterocycles. The highest BCUT2D eigenvalue weighted by molar-refractivity contribution is 6.01. The van der Waals surface area contributed by atoms with Crippen molar-refractivity contribution in [2.24, 2.45) is 0 Å². The summed E-state index contributed by atoms with van der Waals surface area (Å²) in [6, 6.07) is 12.1. The Labute approximate surface area is 157 Å². The summed E-state index contributed by atoms with van der Waals surface area (Å²) in [6.07, 6.45) is 3.04. The van der Waals surface area contributed by atoms with E-state index < -0.39 is 0 Å². The molecule has 0 saturated carbocycles. The topological polar surface area (TPSA) is 79.0 Å². The Hall–Kier alpha value is -2.86. The Morgan fingerprint density at radius 3 is 3.07 bits per heavy atom. The Morgan fingerprint density at radius 1 is 1.22 bits per heavy atom. The van der Waals surface area contributed by atoms with Crippen LogP contribution in [-0.4, -0.2) is 41.8 Å². The van der Waals surface area contributed by atoms with Crippen LogP contribution >= 0.6 is 0 Å². The molecule has 0 bridgehead atoms. The first-order valence-electron chi connectivity index (χ1n) is 9.54. The maximum atomic E-state index is 12.7. The van der Waals surface area contributed by atoms with Crippen molar-refractivity contribution in [1.82, 2.24) is 20.8 Å². The number of benzene rings is 2. The molecule has 5 rings (SSSR count). The summed E-state index contributed by atoms with van der Waals surface area (Å²) < 4.78 is 5.59. The van der Waals surface area contributed by atoms with Crippen LogP contribution in [0.25, 0.3) is 22.2 Å². The average Bonchev–Trinajstić information content (AvgIpc) is 3.34. The largest absolute Gasteiger partial charge is 0.493 e. The number of hydrogen-bond donors (Lipinski definition) is 3. The van der Waals surface area contributed by atoms with Gasteiger partial charge in [0.05, 0.1) is 17.8 Å². The number of rotatable bonds is 3. The number of H-pyrrole nitrogens is 1. The average molecular weight is 362 g/mol. The molecule has 3 N–H and O–H groups in total. The summed E-state index contributed by atoms with van der Waals surface area (Å²) in [5.41, 5.74) is 4.72. The van der Waals surface area contributed by atoms with Gasteiger partial charge >= 0.3 is 0 Å². The van der Waals surface area contributed by atoms with Gasteiger partial charge in [-0.05, 0) is 61.3 Å². The molecule has 2 aromatic carbocycles. The van der Waals surface area contributed by atoms with E-state index in [0.29, 0.717) is 5.56 Å². The van der Waals surface area contributed by atoms with Gasteiger partial charge in [-0.15, -0.1) is 0 Å². The summed E-state index contributed by atoms with van der Waals surface area (Å²) in [7, 11) is 0. The molecule has 6 nitrogen and oxygen atoms in total. The first-order valence-corrected chi connectivity index (χ1v) is 9.54. The highest BCUT2D eigenvalue weighted by atomic mass is 16.5. The maximum Gasteiger partial charge on any atom is 0.251 e. The number of aromatic nitrogens is 2. The van der Waals surface area contributed by atoms with Crippen LogP contribution in [0.3, 0.4) is 0 Å². The molecule has 1 amide bonds. The lowest BCUT2D eigenvalue weighted by atomic mass is 10.0. The number of aromatic amines is 1. The van der Waals surface area contributed by atoms with E-state index in [1.54, 1.807) is 0 Å². The molecule has 1 atom stereocenters. The van der Waals surface area contributed by atoms with E-state index >= 15 is 0 Å². The summed E-state index contributed by atoms with van der Waals surface area (Å²) in [5.74, 6) is 0.930. The molecule has 27 heavy (non-hydrogen) atoms. The highest BCUT2D eigenvalue weighted by Crippen LogP contribution is 2.33. The third-order valence-electron chi connectivity index (χ3n) is 5.42. The second-order valence-corrected chi connectivity index (χ2v) is 7.27. The number of hydrogen-bond acceptors (Lipinski definition) is 4. The van der Waals surface area contributed by atoms with Gasteiger partial charge in [-0.1, -0.05) is 0 Å². The molecule has 138 valence electrons. The molecule has 1 saturated heterocycles. The summed E-state index contributed by atoms with van der Waals surface area (Å²) >= 11 is 0. The number of nitrogens with one attached hydrogen (secondary N) is 3. The van der Waals surface area contributed by atoms with E-state index in [9.17, 15) is 4.79 Å². The van der Waals surface area contributed by atoms with Crippen molar-refractivity contribution >= 4 is 16.8 Å². The van der Waals surface area contributed by atoms with E-state index in [1.807, 2.05) is 30.3 Å². The summed E-state index contributed by atoms with van der Waals surface area (Å²) in [4.78, 5) is 12.7. The predicted octanol–water partition coefficient (Wildman–Crippen LogP) is 2.65. The zero-order valence-corrected chi connectivity index (χ0v) is 15.0. The summed E-state index contributed by atoms with van der Waals surface area (Å²) in [6.45, 7) is 2.60. The smallest absolute Gasteiger partial charge is 0.251 e. The quantitative estimate of drug-likeness (QED) is 0.669. The van der Waals surface area contributed by atoms with Crippen molar-refractivity contribution < 1.29 is 9.53 Å². The van der Waals surface area contributed by atoms with Gasteiger partial charge < -0.3 is 15.4 Å². The predicted molar refractivity (Wildman–Crippen MR) is 104 cm³/mol. The molecule has 0 aliphatic carbocycles. The van der Waals surface area contributed by atoms with Crippen LogP contribution in [0.2, 0.25) is 0 Å². The minimum atomic E-state index is -0.0277. The SMILES string of the molecule is O=C(NC1CCCNC1)c1ccc2[nH]nc(-c3ccc4c(c3)CCO4)c2c1. The van der Waals surface area contributed by atoms with E-state index in [2.05, 4.69) is 26.9 Å². The first-order chi connectivity index (χ1) is 13.3. The molecule has 1 unspecified atom stereocenters. The molecule has 1 aromatic heterocycles. The van der Waals surface area contributed by atoms with Gasteiger partial charge in [0.1, 0.15) is 5.75 Å². The number of ether oxygens (including phenoxy) is 1. The Kier molecular flexibility index (Phi) is 4.05. The van der Waals surface area contributed by atoms with Crippen molar-refractivity contribution in [3.63, 3.8) is 0 Å². The normalized spacial score (nSPS) is 18.9. The highest BCUT2D eigenvalue weighted by Gasteiger charge is 2.19. The van der Waals surface area contributed by atoms with Crippen LogP contribution in [-0.2, 0) is 6.42 Å². The number of amides is 1. The molecular formula is C21H22N4O2. The minimum Gasteiger partial charge on any atom is -0.493 e. The fourth-order valence-electron chi connectivity index (χ4n) is 3.95. The molecule has 2 aliphatic rings. The van der Waals surface area contributed by atoms with E-state index in [1.165, 1.54) is 5.56 Å².